The highest BCUT2D eigenvalue weighted by atomic mass is 16.5. The monoisotopic (exact) mass is 207 g/mol. The second-order valence-corrected chi connectivity index (χ2v) is 3.89. The third kappa shape index (κ3) is 1.57. The number of phenolic OH excluding ortho intramolecular Hbond substituents is 1. The van der Waals surface area contributed by atoms with Gasteiger partial charge in [-0.25, -0.2) is 0 Å². The molecule has 0 heterocycles. The van der Waals surface area contributed by atoms with Crippen LogP contribution in [0, 0.1) is 0 Å². The van der Waals surface area contributed by atoms with E-state index in [0.717, 1.165) is 18.4 Å². The number of aromatic hydroxyl groups is 1. The summed E-state index contributed by atoms with van der Waals surface area (Å²) in [4.78, 5) is 10.8. The van der Waals surface area contributed by atoms with Gasteiger partial charge in [-0.1, -0.05) is 0 Å². The van der Waals surface area contributed by atoms with E-state index in [-0.39, 0.29) is 5.75 Å². The number of ether oxygens (including phenoxy) is 1. The highest BCUT2D eigenvalue weighted by Crippen LogP contribution is 2.46. The molecule has 0 aliphatic heterocycles. The Kier molecular flexibility index (Phi) is 2.16. The maximum Gasteiger partial charge on any atom is 0.160 e. The van der Waals surface area contributed by atoms with E-state index >= 15 is 0 Å². The van der Waals surface area contributed by atoms with E-state index in [9.17, 15) is 9.90 Å². The van der Waals surface area contributed by atoms with Crippen molar-refractivity contribution >= 4 is 6.29 Å². The van der Waals surface area contributed by atoms with Gasteiger partial charge in [0.1, 0.15) is 0 Å². The van der Waals surface area contributed by atoms with Crippen LogP contribution in [0.25, 0.3) is 0 Å². The minimum Gasteiger partial charge on any atom is -0.504 e. The van der Waals surface area contributed by atoms with E-state index in [2.05, 4.69) is 0 Å². The third-order valence-electron chi connectivity index (χ3n) is 2.80. The van der Waals surface area contributed by atoms with Crippen molar-refractivity contribution in [1.29, 1.82) is 0 Å². The summed E-state index contributed by atoms with van der Waals surface area (Å²) in [6.45, 7) is 0. The summed E-state index contributed by atoms with van der Waals surface area (Å²) in [5.41, 5.74) is 6.81. The Morgan fingerprint density at radius 2 is 2.20 bits per heavy atom. The molecule has 80 valence electrons. The molecule has 0 radical (unpaired) electrons. The number of hydrogen-bond donors (Lipinski definition) is 2. The number of nitrogens with two attached hydrogens (primary N) is 1. The molecule has 15 heavy (non-hydrogen) atoms. The molecule has 1 aromatic carbocycles. The van der Waals surface area contributed by atoms with Crippen molar-refractivity contribution in [3.05, 3.63) is 23.3 Å². The Morgan fingerprint density at radius 3 is 2.67 bits per heavy atom. The van der Waals surface area contributed by atoms with Crippen molar-refractivity contribution in [1.82, 2.24) is 0 Å². The lowest BCUT2D eigenvalue weighted by Crippen LogP contribution is -2.20. The molecule has 1 saturated carbocycles. The number of aldehydes is 1. The smallest absolute Gasteiger partial charge is 0.160 e. The van der Waals surface area contributed by atoms with Crippen LogP contribution in [0.1, 0.15) is 28.8 Å². The first-order chi connectivity index (χ1) is 7.10. The van der Waals surface area contributed by atoms with Crippen LogP contribution in [0.15, 0.2) is 12.1 Å². The fourth-order valence-corrected chi connectivity index (χ4v) is 1.68. The quantitative estimate of drug-likeness (QED) is 0.729. The Bertz CT molecular complexity index is 411. The highest BCUT2D eigenvalue weighted by Gasteiger charge is 2.42. The van der Waals surface area contributed by atoms with Crippen molar-refractivity contribution in [2.75, 3.05) is 7.11 Å². The van der Waals surface area contributed by atoms with Crippen molar-refractivity contribution in [3.8, 4) is 11.5 Å². The lowest BCUT2D eigenvalue weighted by Gasteiger charge is -2.14. The second-order valence-electron chi connectivity index (χ2n) is 3.89. The first-order valence-electron chi connectivity index (χ1n) is 4.76. The number of rotatable bonds is 3. The molecule has 1 aromatic rings. The third-order valence-corrected chi connectivity index (χ3v) is 2.80. The van der Waals surface area contributed by atoms with Crippen LogP contribution in [-0.2, 0) is 5.54 Å². The molecule has 1 fully saturated rings. The van der Waals surface area contributed by atoms with Gasteiger partial charge in [-0.2, -0.15) is 0 Å². The Morgan fingerprint density at radius 1 is 1.53 bits per heavy atom. The van der Waals surface area contributed by atoms with Crippen molar-refractivity contribution in [3.63, 3.8) is 0 Å². The summed E-state index contributed by atoms with van der Waals surface area (Å²) in [5, 5.41) is 9.51. The first-order valence-corrected chi connectivity index (χ1v) is 4.76. The van der Waals surface area contributed by atoms with Gasteiger partial charge in [-0.05, 0) is 30.5 Å². The van der Waals surface area contributed by atoms with Crippen molar-refractivity contribution in [2.45, 2.75) is 18.4 Å². The standard InChI is InChI=1S/C11H13NO3/c1-15-10-5-8(11(12)2-3-11)7(6-13)4-9(10)14/h4-6,14H,2-3,12H2,1H3. The van der Waals surface area contributed by atoms with Gasteiger partial charge in [-0.3, -0.25) is 4.79 Å². The van der Waals surface area contributed by atoms with Crippen molar-refractivity contribution in [2.24, 2.45) is 5.73 Å². The van der Waals surface area contributed by atoms with E-state index in [1.165, 1.54) is 13.2 Å². The number of phenols is 1. The molecule has 4 heteroatoms. The number of carbonyl (C=O) groups excluding carboxylic acids is 1. The number of carbonyl (C=O) groups is 1. The molecule has 0 atom stereocenters. The molecule has 0 amide bonds. The van der Waals surface area contributed by atoms with E-state index in [4.69, 9.17) is 10.5 Å². The molecule has 1 aliphatic rings. The summed E-state index contributed by atoms with van der Waals surface area (Å²) in [6.07, 6.45) is 2.44. The molecular formula is C11H13NO3. The summed E-state index contributed by atoms with van der Waals surface area (Å²) < 4.78 is 4.99. The van der Waals surface area contributed by atoms with Crippen LogP contribution >= 0.6 is 0 Å². The van der Waals surface area contributed by atoms with Crippen molar-refractivity contribution < 1.29 is 14.6 Å². The minimum atomic E-state index is -0.406. The topological polar surface area (TPSA) is 72.5 Å². The SMILES string of the molecule is COc1cc(C2(N)CC2)c(C=O)cc1O. The van der Waals surface area contributed by atoms with Crippen LogP contribution < -0.4 is 10.5 Å². The Hall–Kier alpha value is -1.55. The van der Waals surface area contributed by atoms with Gasteiger partial charge in [0.2, 0.25) is 0 Å². The zero-order valence-electron chi connectivity index (χ0n) is 8.49. The van der Waals surface area contributed by atoms with Gasteiger partial charge in [0.25, 0.3) is 0 Å². The molecule has 0 unspecified atom stereocenters. The highest BCUT2D eigenvalue weighted by molar-refractivity contribution is 5.80. The van der Waals surface area contributed by atoms with E-state index in [1.54, 1.807) is 6.07 Å². The molecule has 4 nitrogen and oxygen atoms in total. The number of benzene rings is 1. The fraction of sp³-hybridized carbons (Fsp3) is 0.364. The predicted octanol–water partition coefficient (Wildman–Crippen LogP) is 1.16. The molecule has 2 rings (SSSR count). The van der Waals surface area contributed by atoms with Crippen LogP contribution in [0.5, 0.6) is 11.5 Å². The maximum absolute atomic E-state index is 10.8. The van der Waals surface area contributed by atoms with E-state index < -0.39 is 5.54 Å². The Labute approximate surface area is 87.7 Å². The van der Waals surface area contributed by atoms with Gasteiger partial charge in [0.05, 0.1) is 7.11 Å². The lowest BCUT2D eigenvalue weighted by atomic mass is 9.99. The van der Waals surface area contributed by atoms with Gasteiger partial charge in [-0.15, -0.1) is 0 Å². The normalized spacial score (nSPS) is 17.2. The van der Waals surface area contributed by atoms with E-state index in [1.807, 2.05) is 0 Å². The van der Waals surface area contributed by atoms with Crippen LogP contribution in [0.2, 0.25) is 0 Å². The zero-order chi connectivity index (χ0) is 11.1. The van der Waals surface area contributed by atoms with Gasteiger partial charge >= 0.3 is 0 Å². The maximum atomic E-state index is 10.8. The Balaban J connectivity index is 2.55. The van der Waals surface area contributed by atoms with Crippen LogP contribution in [-0.4, -0.2) is 18.5 Å². The molecule has 0 saturated heterocycles. The molecule has 0 aromatic heterocycles. The summed E-state index contributed by atoms with van der Waals surface area (Å²) in [6, 6.07) is 3.04. The molecule has 0 bridgehead atoms. The summed E-state index contributed by atoms with van der Waals surface area (Å²) in [5.74, 6) is 0.319. The fourth-order valence-electron chi connectivity index (χ4n) is 1.68. The van der Waals surface area contributed by atoms with E-state index in [0.29, 0.717) is 17.6 Å². The average Bonchev–Trinajstić information content (AvgIpc) is 2.97. The van der Waals surface area contributed by atoms with Gasteiger partial charge in [0, 0.05) is 11.1 Å². The molecular weight excluding hydrogens is 194 g/mol. The number of methoxy groups -OCH3 is 1. The molecule has 3 N–H and O–H groups in total. The first kappa shape index (κ1) is 9.98. The minimum absolute atomic E-state index is 0.0346. The summed E-state index contributed by atoms with van der Waals surface area (Å²) in [7, 11) is 1.47. The lowest BCUT2D eigenvalue weighted by molar-refractivity contribution is 0.112. The van der Waals surface area contributed by atoms with Crippen LogP contribution in [0.4, 0.5) is 0 Å². The number of hydrogen-bond acceptors (Lipinski definition) is 4. The van der Waals surface area contributed by atoms with Gasteiger partial charge < -0.3 is 15.6 Å². The average molecular weight is 207 g/mol. The molecule has 1 aliphatic carbocycles. The van der Waals surface area contributed by atoms with Gasteiger partial charge in [0.15, 0.2) is 17.8 Å². The summed E-state index contributed by atoms with van der Waals surface area (Å²) >= 11 is 0. The zero-order valence-corrected chi connectivity index (χ0v) is 8.49. The van der Waals surface area contributed by atoms with Crippen LogP contribution in [0.3, 0.4) is 0 Å². The largest absolute Gasteiger partial charge is 0.504 e. The molecule has 0 spiro atoms. The second kappa shape index (κ2) is 3.24. The predicted molar refractivity (Wildman–Crippen MR) is 55.1 cm³/mol.